The van der Waals surface area contributed by atoms with Crippen molar-refractivity contribution >= 4 is 39.7 Å². The summed E-state index contributed by atoms with van der Waals surface area (Å²) in [6, 6.07) is -0.0474. The summed E-state index contributed by atoms with van der Waals surface area (Å²) < 4.78 is 31.7. The Kier molecular flexibility index (Phi) is 6.40. The summed E-state index contributed by atoms with van der Waals surface area (Å²) >= 11 is 1.10. The van der Waals surface area contributed by atoms with Gasteiger partial charge < -0.3 is 10.5 Å². The van der Waals surface area contributed by atoms with Crippen molar-refractivity contribution in [3.8, 4) is 0 Å². The molecule has 0 saturated carbocycles. The average Bonchev–Trinajstić information content (AvgIpc) is 3.04. The number of aryl methyl sites for hydroxylation is 1. The van der Waals surface area contributed by atoms with Gasteiger partial charge in [0.2, 0.25) is 10.0 Å². The van der Waals surface area contributed by atoms with Crippen LogP contribution >= 0.6 is 23.7 Å². The summed E-state index contributed by atoms with van der Waals surface area (Å²) in [4.78, 5) is 12.0. The number of sulfonamides is 1. The van der Waals surface area contributed by atoms with Crippen LogP contribution in [0.2, 0.25) is 0 Å². The summed E-state index contributed by atoms with van der Waals surface area (Å²) in [6.45, 7) is 4.41. The van der Waals surface area contributed by atoms with Crippen LogP contribution in [0.3, 0.4) is 0 Å². The van der Waals surface area contributed by atoms with Crippen molar-refractivity contribution in [2.75, 3.05) is 20.2 Å². The first-order valence-electron chi connectivity index (χ1n) is 6.71. The Morgan fingerprint density at radius 2 is 2.18 bits per heavy atom. The van der Waals surface area contributed by atoms with Crippen LogP contribution < -0.4 is 5.73 Å². The van der Waals surface area contributed by atoms with Crippen molar-refractivity contribution in [2.24, 2.45) is 11.7 Å². The van der Waals surface area contributed by atoms with E-state index in [1.54, 1.807) is 12.3 Å². The molecular formula is C13H21ClN2O4S2. The van der Waals surface area contributed by atoms with Crippen molar-refractivity contribution in [3.05, 3.63) is 15.8 Å². The molecule has 1 aliphatic rings. The molecule has 0 radical (unpaired) electrons. The lowest BCUT2D eigenvalue weighted by atomic mass is 10.0. The van der Waals surface area contributed by atoms with E-state index in [4.69, 9.17) is 5.73 Å². The van der Waals surface area contributed by atoms with Crippen LogP contribution in [-0.4, -0.2) is 44.9 Å². The van der Waals surface area contributed by atoms with Crippen molar-refractivity contribution in [2.45, 2.75) is 31.2 Å². The minimum absolute atomic E-state index is 0. The Morgan fingerprint density at radius 1 is 1.55 bits per heavy atom. The molecule has 2 rings (SSSR count). The maximum absolute atomic E-state index is 12.8. The van der Waals surface area contributed by atoms with E-state index in [9.17, 15) is 13.2 Å². The molecule has 9 heteroatoms. The molecular weight excluding hydrogens is 348 g/mol. The van der Waals surface area contributed by atoms with Crippen LogP contribution in [0.15, 0.2) is 10.3 Å². The minimum Gasteiger partial charge on any atom is -0.465 e. The second-order valence-electron chi connectivity index (χ2n) is 5.34. The molecule has 2 heterocycles. The lowest BCUT2D eigenvalue weighted by Crippen LogP contribution is -2.33. The number of methoxy groups -OCH3 is 1. The van der Waals surface area contributed by atoms with Crippen LogP contribution in [-0.2, 0) is 14.8 Å². The number of thiophene rings is 1. The van der Waals surface area contributed by atoms with Crippen LogP contribution in [0.5, 0.6) is 0 Å². The first-order chi connectivity index (χ1) is 9.78. The molecule has 1 aromatic rings. The van der Waals surface area contributed by atoms with E-state index >= 15 is 0 Å². The molecule has 126 valence electrons. The van der Waals surface area contributed by atoms with Gasteiger partial charge in [-0.3, -0.25) is 0 Å². The number of carbonyl (C=O) groups excluding carboxylic acids is 1. The van der Waals surface area contributed by atoms with Gasteiger partial charge in [0, 0.05) is 19.1 Å². The molecule has 6 nitrogen and oxygen atoms in total. The zero-order valence-electron chi connectivity index (χ0n) is 12.7. The third-order valence-corrected chi connectivity index (χ3v) is 7.08. The number of hydrogen-bond acceptors (Lipinski definition) is 6. The van der Waals surface area contributed by atoms with Gasteiger partial charge in [-0.1, -0.05) is 0 Å². The number of esters is 1. The summed E-state index contributed by atoms with van der Waals surface area (Å²) in [5, 5.41) is 1.66. The molecule has 1 fully saturated rings. The number of nitrogens with zero attached hydrogens (tertiary/aromatic N) is 1. The fourth-order valence-corrected chi connectivity index (χ4v) is 5.69. The van der Waals surface area contributed by atoms with E-state index < -0.39 is 16.0 Å². The fraction of sp³-hybridized carbons (Fsp3) is 0.615. The van der Waals surface area contributed by atoms with Gasteiger partial charge in [0.25, 0.3) is 0 Å². The molecule has 2 unspecified atom stereocenters. The zero-order valence-corrected chi connectivity index (χ0v) is 15.2. The molecule has 0 aromatic carbocycles. The fourth-order valence-electron chi connectivity index (χ4n) is 2.52. The van der Waals surface area contributed by atoms with Crippen LogP contribution in [0.1, 0.15) is 28.6 Å². The maximum atomic E-state index is 12.8. The Hall–Kier alpha value is -0.670. The molecule has 2 N–H and O–H groups in total. The second-order valence-corrected chi connectivity index (χ2v) is 8.09. The summed E-state index contributed by atoms with van der Waals surface area (Å²) in [5.41, 5.74) is 6.43. The van der Waals surface area contributed by atoms with Crippen molar-refractivity contribution < 1.29 is 17.9 Å². The standard InChI is InChI=1S/C13H20N2O4S2.ClH/c1-8-7-20-11(13(16)19-3)12(8)21(17,18)15-5-4-10(6-15)9(2)14;/h7,9-10H,4-6,14H2,1-3H3;1H. The summed E-state index contributed by atoms with van der Waals surface area (Å²) in [7, 11) is -2.45. The van der Waals surface area contributed by atoms with E-state index in [2.05, 4.69) is 4.74 Å². The van der Waals surface area contributed by atoms with Gasteiger partial charge in [0.1, 0.15) is 9.77 Å². The Balaban J connectivity index is 0.00000242. The van der Waals surface area contributed by atoms with Crippen LogP contribution in [0, 0.1) is 12.8 Å². The molecule has 0 spiro atoms. The maximum Gasteiger partial charge on any atom is 0.349 e. The normalized spacial score (nSPS) is 20.5. The predicted molar refractivity (Wildman–Crippen MR) is 88.2 cm³/mol. The third kappa shape index (κ3) is 3.46. The molecule has 0 bridgehead atoms. The first kappa shape index (κ1) is 19.4. The van der Waals surface area contributed by atoms with Crippen molar-refractivity contribution in [1.29, 1.82) is 0 Å². The van der Waals surface area contributed by atoms with Gasteiger partial charge in [-0.2, -0.15) is 4.31 Å². The number of carbonyl (C=O) groups is 1. The highest BCUT2D eigenvalue weighted by atomic mass is 35.5. The molecule has 1 aliphatic heterocycles. The first-order valence-corrected chi connectivity index (χ1v) is 9.03. The Labute approximate surface area is 141 Å². The second kappa shape index (κ2) is 7.27. The topological polar surface area (TPSA) is 89.7 Å². The predicted octanol–water partition coefficient (Wildman–Crippen LogP) is 1.62. The van der Waals surface area contributed by atoms with E-state index in [0.29, 0.717) is 18.7 Å². The highest BCUT2D eigenvalue weighted by molar-refractivity contribution is 7.89. The van der Waals surface area contributed by atoms with Crippen molar-refractivity contribution in [1.82, 2.24) is 4.31 Å². The summed E-state index contributed by atoms with van der Waals surface area (Å²) in [6.07, 6.45) is 0.744. The van der Waals surface area contributed by atoms with Gasteiger partial charge in [-0.15, -0.1) is 23.7 Å². The van der Waals surface area contributed by atoms with E-state index in [0.717, 1.165) is 17.8 Å². The highest BCUT2D eigenvalue weighted by Gasteiger charge is 2.37. The SMILES string of the molecule is COC(=O)c1scc(C)c1S(=O)(=O)N1CCC(C(C)N)C1.Cl. The Morgan fingerprint density at radius 3 is 2.68 bits per heavy atom. The Bertz CT molecular complexity index is 642. The average molecular weight is 369 g/mol. The molecule has 0 aliphatic carbocycles. The summed E-state index contributed by atoms with van der Waals surface area (Å²) in [5.74, 6) is -0.463. The minimum atomic E-state index is -3.69. The molecule has 1 aromatic heterocycles. The lowest BCUT2D eigenvalue weighted by molar-refractivity contribution is 0.0602. The highest BCUT2D eigenvalue weighted by Crippen LogP contribution is 2.33. The van der Waals surface area contributed by atoms with E-state index in [1.807, 2.05) is 6.92 Å². The van der Waals surface area contributed by atoms with Gasteiger partial charge >= 0.3 is 5.97 Å². The molecule has 22 heavy (non-hydrogen) atoms. The number of halogens is 1. The van der Waals surface area contributed by atoms with Crippen LogP contribution in [0.25, 0.3) is 0 Å². The molecule has 1 saturated heterocycles. The third-order valence-electron chi connectivity index (χ3n) is 3.82. The van der Waals surface area contributed by atoms with Crippen LogP contribution in [0.4, 0.5) is 0 Å². The van der Waals surface area contributed by atoms with Gasteiger partial charge in [-0.05, 0) is 37.1 Å². The largest absolute Gasteiger partial charge is 0.465 e. The number of rotatable bonds is 4. The van der Waals surface area contributed by atoms with E-state index in [1.165, 1.54) is 11.4 Å². The number of nitrogens with two attached hydrogens (primary N) is 1. The van der Waals surface area contributed by atoms with E-state index in [-0.39, 0.29) is 34.1 Å². The molecule has 0 amide bonds. The monoisotopic (exact) mass is 368 g/mol. The number of hydrogen-bond donors (Lipinski definition) is 1. The number of ether oxygens (including phenoxy) is 1. The smallest absolute Gasteiger partial charge is 0.349 e. The van der Waals surface area contributed by atoms with Gasteiger partial charge in [0.05, 0.1) is 7.11 Å². The quantitative estimate of drug-likeness (QED) is 0.815. The molecule has 2 atom stereocenters. The van der Waals surface area contributed by atoms with Gasteiger partial charge in [-0.25, -0.2) is 13.2 Å². The van der Waals surface area contributed by atoms with Crippen molar-refractivity contribution in [3.63, 3.8) is 0 Å². The zero-order chi connectivity index (χ0) is 15.8. The lowest BCUT2D eigenvalue weighted by Gasteiger charge is -2.18. The van der Waals surface area contributed by atoms with Gasteiger partial charge in [0.15, 0.2) is 0 Å².